The molecule has 0 aromatic heterocycles. The second-order valence-corrected chi connectivity index (χ2v) is 5.94. The van der Waals surface area contributed by atoms with Gasteiger partial charge in [0.05, 0.1) is 17.2 Å². The number of carbonyl (C=O) groups excluding carboxylic acids is 1. The Morgan fingerprint density at radius 1 is 1.50 bits per heavy atom. The lowest BCUT2D eigenvalue weighted by Crippen LogP contribution is -2.36. The van der Waals surface area contributed by atoms with Crippen LogP contribution < -0.4 is 5.73 Å². The lowest BCUT2D eigenvalue weighted by molar-refractivity contribution is 0.0700. The number of benzene rings is 1. The Labute approximate surface area is 137 Å². The zero-order valence-corrected chi connectivity index (χ0v) is 14.2. The lowest BCUT2D eigenvalue weighted by Gasteiger charge is -2.23. The largest absolute Gasteiger partial charge is 0.393 e. The van der Waals surface area contributed by atoms with Crippen LogP contribution in [-0.4, -0.2) is 42.6 Å². The molecule has 0 saturated carbocycles. The van der Waals surface area contributed by atoms with Crippen LogP contribution in [0, 0.1) is 0 Å². The Morgan fingerprint density at radius 2 is 2.20 bits per heavy atom. The molecule has 0 bridgehead atoms. The van der Waals surface area contributed by atoms with Gasteiger partial charge >= 0.3 is 0 Å². The van der Waals surface area contributed by atoms with Crippen LogP contribution in [0.5, 0.6) is 0 Å². The molecule has 0 heterocycles. The van der Waals surface area contributed by atoms with Crippen molar-refractivity contribution >= 4 is 50.6 Å². The van der Waals surface area contributed by atoms with Gasteiger partial charge in [0.25, 0.3) is 5.91 Å². The van der Waals surface area contributed by atoms with E-state index in [9.17, 15) is 4.79 Å². The fourth-order valence-electron chi connectivity index (χ4n) is 1.59. The first-order valence-electron chi connectivity index (χ1n) is 5.97. The number of methoxy groups -OCH3 is 1. The van der Waals surface area contributed by atoms with Gasteiger partial charge in [0.15, 0.2) is 0 Å². The summed E-state index contributed by atoms with van der Waals surface area (Å²) in [6.07, 6.45) is 0.475. The summed E-state index contributed by atoms with van der Waals surface area (Å²) in [4.78, 5) is 14.6. The number of halogens is 2. The molecule has 0 radical (unpaired) electrons. The van der Waals surface area contributed by atoms with Gasteiger partial charge in [-0.15, -0.1) is 0 Å². The maximum absolute atomic E-state index is 12.5. The summed E-state index contributed by atoms with van der Waals surface area (Å²) in [6, 6.07) is 5.10. The van der Waals surface area contributed by atoms with Crippen LogP contribution in [-0.2, 0) is 4.74 Å². The second-order valence-electron chi connectivity index (χ2n) is 4.13. The van der Waals surface area contributed by atoms with Crippen LogP contribution in [0.4, 0.5) is 0 Å². The Hall–Kier alpha value is -0.690. The van der Waals surface area contributed by atoms with E-state index in [-0.39, 0.29) is 5.91 Å². The minimum atomic E-state index is -0.132. The van der Waals surface area contributed by atoms with Gasteiger partial charge in [-0.2, -0.15) is 0 Å². The van der Waals surface area contributed by atoms with E-state index in [2.05, 4.69) is 15.9 Å². The highest BCUT2D eigenvalue weighted by molar-refractivity contribution is 9.10. The number of carbonyl (C=O) groups is 1. The summed E-state index contributed by atoms with van der Waals surface area (Å²) in [5, 5.41) is 0.512. The standard InChI is InChI=1S/C13H16BrClN2O2S/c1-19-7-6-17(5-4-12(16)20)13(18)10-8-9(15)2-3-11(10)14/h2-3,8H,4-7H2,1H3,(H2,16,20). The second kappa shape index (κ2) is 8.56. The van der Waals surface area contributed by atoms with Crippen molar-refractivity contribution in [3.63, 3.8) is 0 Å². The quantitative estimate of drug-likeness (QED) is 0.740. The normalized spacial score (nSPS) is 10.3. The minimum Gasteiger partial charge on any atom is -0.393 e. The van der Waals surface area contributed by atoms with Crippen molar-refractivity contribution in [2.45, 2.75) is 6.42 Å². The monoisotopic (exact) mass is 378 g/mol. The smallest absolute Gasteiger partial charge is 0.255 e. The molecule has 1 aromatic carbocycles. The number of nitrogens with two attached hydrogens (primary N) is 1. The van der Waals surface area contributed by atoms with Crippen molar-refractivity contribution in [2.75, 3.05) is 26.8 Å². The van der Waals surface area contributed by atoms with Gasteiger partial charge in [-0.25, -0.2) is 0 Å². The van der Waals surface area contributed by atoms with Gasteiger partial charge in [-0.1, -0.05) is 23.8 Å². The molecule has 1 rings (SSSR count). The fourth-order valence-corrected chi connectivity index (χ4v) is 2.27. The lowest BCUT2D eigenvalue weighted by atomic mass is 10.2. The predicted octanol–water partition coefficient (Wildman–Crippen LogP) is 2.87. The predicted molar refractivity (Wildman–Crippen MR) is 88.3 cm³/mol. The first-order chi connectivity index (χ1) is 9.45. The highest BCUT2D eigenvalue weighted by Gasteiger charge is 2.18. The minimum absolute atomic E-state index is 0.132. The van der Waals surface area contributed by atoms with Gasteiger partial charge in [0, 0.05) is 36.1 Å². The Balaban J connectivity index is 2.90. The molecule has 110 valence electrons. The number of thiocarbonyl (C=S) groups is 1. The van der Waals surface area contributed by atoms with E-state index >= 15 is 0 Å². The number of rotatable bonds is 7. The van der Waals surface area contributed by atoms with Crippen LogP contribution in [0.1, 0.15) is 16.8 Å². The Morgan fingerprint density at radius 3 is 2.80 bits per heavy atom. The number of hydrogen-bond donors (Lipinski definition) is 1. The average molecular weight is 380 g/mol. The van der Waals surface area contributed by atoms with E-state index < -0.39 is 0 Å². The number of ether oxygens (including phenoxy) is 1. The van der Waals surface area contributed by atoms with Crippen LogP contribution in [0.3, 0.4) is 0 Å². The molecule has 0 aliphatic carbocycles. The maximum atomic E-state index is 12.5. The third-order valence-electron chi connectivity index (χ3n) is 2.64. The molecule has 2 N–H and O–H groups in total. The van der Waals surface area contributed by atoms with Crippen LogP contribution >= 0.6 is 39.7 Å². The third-order valence-corrected chi connectivity index (χ3v) is 3.77. The molecule has 0 aliphatic heterocycles. The first kappa shape index (κ1) is 17.4. The highest BCUT2D eigenvalue weighted by Crippen LogP contribution is 2.22. The molecule has 7 heteroatoms. The molecule has 0 saturated heterocycles. The van der Waals surface area contributed by atoms with Gasteiger partial charge in [0.2, 0.25) is 0 Å². The van der Waals surface area contributed by atoms with E-state index in [1.807, 2.05) is 0 Å². The first-order valence-corrected chi connectivity index (χ1v) is 7.55. The van der Waals surface area contributed by atoms with Gasteiger partial charge < -0.3 is 15.4 Å². The Bertz CT molecular complexity index is 499. The average Bonchev–Trinajstić information content (AvgIpc) is 2.40. The van der Waals surface area contributed by atoms with Crippen LogP contribution in [0.2, 0.25) is 5.02 Å². The summed E-state index contributed by atoms with van der Waals surface area (Å²) in [5.74, 6) is -0.132. The van der Waals surface area contributed by atoms with Crippen molar-refractivity contribution in [1.29, 1.82) is 0 Å². The van der Waals surface area contributed by atoms with Crippen molar-refractivity contribution in [2.24, 2.45) is 5.73 Å². The zero-order chi connectivity index (χ0) is 15.1. The fraction of sp³-hybridized carbons (Fsp3) is 0.385. The van der Waals surface area contributed by atoms with Crippen molar-refractivity contribution in [3.8, 4) is 0 Å². The molecular formula is C13H16BrClN2O2S. The van der Waals surface area contributed by atoms with Crippen molar-refractivity contribution in [1.82, 2.24) is 4.90 Å². The number of amides is 1. The molecule has 1 amide bonds. The molecule has 0 fully saturated rings. The summed E-state index contributed by atoms with van der Waals surface area (Å²) in [6.45, 7) is 1.37. The molecule has 1 aromatic rings. The van der Waals surface area contributed by atoms with Gasteiger partial charge in [-0.3, -0.25) is 4.79 Å². The van der Waals surface area contributed by atoms with E-state index in [0.29, 0.717) is 46.2 Å². The number of hydrogen-bond acceptors (Lipinski definition) is 3. The van der Waals surface area contributed by atoms with E-state index in [0.717, 1.165) is 0 Å². The summed E-state index contributed by atoms with van der Waals surface area (Å²) >= 11 is 14.2. The zero-order valence-electron chi connectivity index (χ0n) is 11.1. The van der Waals surface area contributed by atoms with E-state index in [4.69, 9.17) is 34.3 Å². The molecule has 0 atom stereocenters. The third kappa shape index (κ3) is 5.36. The molecule has 0 spiro atoms. The van der Waals surface area contributed by atoms with Crippen molar-refractivity contribution < 1.29 is 9.53 Å². The topological polar surface area (TPSA) is 55.6 Å². The molecule has 20 heavy (non-hydrogen) atoms. The van der Waals surface area contributed by atoms with Gasteiger partial charge in [-0.05, 0) is 34.1 Å². The highest BCUT2D eigenvalue weighted by atomic mass is 79.9. The summed E-state index contributed by atoms with van der Waals surface area (Å²) < 4.78 is 5.72. The SMILES string of the molecule is COCCN(CCC(N)=S)C(=O)c1cc(Cl)ccc1Br. The van der Waals surface area contributed by atoms with Crippen LogP contribution in [0.15, 0.2) is 22.7 Å². The Kier molecular flexibility index (Phi) is 7.43. The van der Waals surface area contributed by atoms with Crippen molar-refractivity contribution in [3.05, 3.63) is 33.3 Å². The molecule has 0 unspecified atom stereocenters. The molecule has 0 aliphatic rings. The summed E-state index contributed by atoms with van der Waals surface area (Å²) in [7, 11) is 1.59. The molecular weight excluding hydrogens is 364 g/mol. The maximum Gasteiger partial charge on any atom is 0.255 e. The molecule has 4 nitrogen and oxygen atoms in total. The van der Waals surface area contributed by atoms with E-state index in [1.54, 1.807) is 30.2 Å². The van der Waals surface area contributed by atoms with Crippen LogP contribution in [0.25, 0.3) is 0 Å². The summed E-state index contributed by atoms with van der Waals surface area (Å²) in [5.41, 5.74) is 6.00. The van der Waals surface area contributed by atoms with E-state index in [1.165, 1.54) is 0 Å². The van der Waals surface area contributed by atoms with Gasteiger partial charge in [0.1, 0.15) is 0 Å². The number of nitrogens with zero attached hydrogens (tertiary/aromatic N) is 1.